The van der Waals surface area contributed by atoms with Crippen LogP contribution in [0.1, 0.15) is 32.9 Å². The SMILES string of the molecule is Cc1cc(/C=N/NC(=O)c2ccc(CSc3ccc(Cl)cc3)cc2)c(C)n1-c1ccccc1. The first-order chi connectivity index (χ1) is 16.0. The summed E-state index contributed by atoms with van der Waals surface area (Å²) in [7, 11) is 0. The van der Waals surface area contributed by atoms with Gasteiger partial charge in [-0.25, -0.2) is 5.43 Å². The molecule has 33 heavy (non-hydrogen) atoms. The molecule has 0 saturated carbocycles. The molecule has 4 rings (SSSR count). The van der Waals surface area contributed by atoms with Crippen LogP contribution in [-0.2, 0) is 5.75 Å². The third-order valence-electron chi connectivity index (χ3n) is 5.29. The number of carbonyl (C=O) groups is 1. The van der Waals surface area contributed by atoms with Crippen LogP contribution in [0, 0.1) is 13.8 Å². The van der Waals surface area contributed by atoms with E-state index < -0.39 is 0 Å². The molecular formula is C27H24ClN3OS. The number of benzene rings is 3. The number of halogens is 1. The first-order valence-electron chi connectivity index (χ1n) is 10.6. The maximum absolute atomic E-state index is 12.5. The Balaban J connectivity index is 1.35. The molecule has 1 N–H and O–H groups in total. The zero-order valence-electron chi connectivity index (χ0n) is 18.5. The van der Waals surface area contributed by atoms with Crippen LogP contribution in [0.2, 0.25) is 5.02 Å². The van der Waals surface area contributed by atoms with Gasteiger partial charge >= 0.3 is 0 Å². The Hall–Kier alpha value is -3.28. The number of nitrogens with one attached hydrogen (secondary N) is 1. The normalized spacial score (nSPS) is 11.1. The van der Waals surface area contributed by atoms with E-state index in [2.05, 4.69) is 40.2 Å². The maximum Gasteiger partial charge on any atom is 0.271 e. The number of rotatable bonds is 7. The molecule has 3 aromatic carbocycles. The van der Waals surface area contributed by atoms with Gasteiger partial charge in [-0.1, -0.05) is 41.9 Å². The molecule has 4 aromatic rings. The summed E-state index contributed by atoms with van der Waals surface area (Å²) in [6, 6.07) is 27.6. The number of aryl methyl sites for hydroxylation is 1. The van der Waals surface area contributed by atoms with Crippen molar-refractivity contribution in [1.29, 1.82) is 0 Å². The smallest absolute Gasteiger partial charge is 0.271 e. The Kier molecular flexibility index (Phi) is 7.33. The molecule has 0 spiro atoms. The van der Waals surface area contributed by atoms with E-state index in [-0.39, 0.29) is 5.91 Å². The minimum atomic E-state index is -0.236. The van der Waals surface area contributed by atoms with Crippen molar-refractivity contribution in [1.82, 2.24) is 9.99 Å². The number of nitrogens with zero attached hydrogens (tertiary/aromatic N) is 2. The largest absolute Gasteiger partial charge is 0.318 e. The second-order valence-corrected chi connectivity index (χ2v) is 9.12. The van der Waals surface area contributed by atoms with Gasteiger partial charge in [0.1, 0.15) is 0 Å². The third-order valence-corrected chi connectivity index (χ3v) is 6.62. The molecule has 4 nitrogen and oxygen atoms in total. The summed E-state index contributed by atoms with van der Waals surface area (Å²) in [6.45, 7) is 4.10. The summed E-state index contributed by atoms with van der Waals surface area (Å²) in [6.07, 6.45) is 1.69. The molecule has 0 unspecified atom stereocenters. The zero-order valence-corrected chi connectivity index (χ0v) is 20.0. The Morgan fingerprint density at radius 3 is 2.39 bits per heavy atom. The molecule has 6 heteroatoms. The van der Waals surface area contributed by atoms with Crippen molar-refractivity contribution >= 4 is 35.5 Å². The van der Waals surface area contributed by atoms with E-state index >= 15 is 0 Å². The van der Waals surface area contributed by atoms with Crippen LogP contribution in [0.4, 0.5) is 0 Å². The van der Waals surface area contributed by atoms with E-state index in [1.54, 1.807) is 18.0 Å². The monoisotopic (exact) mass is 473 g/mol. The molecule has 0 radical (unpaired) electrons. The van der Waals surface area contributed by atoms with Crippen molar-refractivity contribution in [3.8, 4) is 5.69 Å². The predicted octanol–water partition coefficient (Wildman–Crippen LogP) is 6.80. The molecule has 0 aliphatic rings. The first-order valence-corrected chi connectivity index (χ1v) is 11.9. The number of amides is 1. The number of hydrazone groups is 1. The van der Waals surface area contributed by atoms with E-state index in [1.165, 1.54) is 0 Å². The fourth-order valence-corrected chi connectivity index (χ4v) is 4.55. The lowest BCUT2D eigenvalue weighted by molar-refractivity contribution is 0.0955. The zero-order chi connectivity index (χ0) is 23.2. The number of hydrogen-bond acceptors (Lipinski definition) is 3. The first kappa shape index (κ1) is 22.9. The summed E-state index contributed by atoms with van der Waals surface area (Å²) >= 11 is 7.66. The summed E-state index contributed by atoms with van der Waals surface area (Å²) < 4.78 is 2.17. The Bertz CT molecular complexity index is 1260. The van der Waals surface area contributed by atoms with Crippen LogP contribution in [0.5, 0.6) is 0 Å². The Morgan fingerprint density at radius 2 is 1.70 bits per heavy atom. The molecule has 1 amide bonds. The van der Waals surface area contributed by atoms with Gasteiger partial charge in [0.15, 0.2) is 0 Å². The Labute approximate surface area is 203 Å². The van der Waals surface area contributed by atoms with E-state index in [4.69, 9.17) is 11.6 Å². The lowest BCUT2D eigenvalue weighted by atomic mass is 10.1. The molecule has 1 aromatic heterocycles. The maximum atomic E-state index is 12.5. The summed E-state index contributed by atoms with van der Waals surface area (Å²) in [5, 5.41) is 4.91. The third kappa shape index (κ3) is 5.75. The van der Waals surface area contributed by atoms with Crippen LogP contribution in [0.25, 0.3) is 5.69 Å². The number of thioether (sulfide) groups is 1. The fourth-order valence-electron chi connectivity index (χ4n) is 3.57. The Morgan fingerprint density at radius 1 is 1.00 bits per heavy atom. The average Bonchev–Trinajstić information content (AvgIpc) is 3.12. The number of hydrogen-bond donors (Lipinski definition) is 1. The molecule has 0 saturated heterocycles. The number of para-hydroxylation sites is 1. The van der Waals surface area contributed by atoms with Gasteiger partial charge in [0.25, 0.3) is 5.91 Å². The van der Waals surface area contributed by atoms with Crippen molar-refractivity contribution in [2.45, 2.75) is 24.5 Å². The lowest BCUT2D eigenvalue weighted by Crippen LogP contribution is -2.17. The highest BCUT2D eigenvalue weighted by Crippen LogP contribution is 2.24. The standard InChI is InChI=1S/C27H24ClN3OS/c1-19-16-23(20(2)31(19)25-6-4-3-5-7-25)17-29-30-27(32)22-10-8-21(9-11-22)18-33-26-14-12-24(28)13-15-26/h3-17H,18H2,1-2H3,(H,30,32)/b29-17+. The minimum Gasteiger partial charge on any atom is -0.318 e. The number of aromatic nitrogens is 1. The summed E-state index contributed by atoms with van der Waals surface area (Å²) in [4.78, 5) is 13.6. The lowest BCUT2D eigenvalue weighted by Gasteiger charge is -2.09. The topological polar surface area (TPSA) is 46.4 Å². The summed E-state index contributed by atoms with van der Waals surface area (Å²) in [5.41, 5.74) is 8.59. The highest BCUT2D eigenvalue weighted by molar-refractivity contribution is 7.98. The molecular weight excluding hydrogens is 450 g/mol. The van der Waals surface area contributed by atoms with Gasteiger partial charge < -0.3 is 4.57 Å². The molecule has 0 bridgehead atoms. The molecule has 0 aliphatic carbocycles. The van der Waals surface area contributed by atoms with Crippen LogP contribution >= 0.6 is 23.4 Å². The van der Waals surface area contributed by atoms with Gasteiger partial charge in [0, 0.05) is 43.9 Å². The van der Waals surface area contributed by atoms with Gasteiger partial charge in [-0.15, -0.1) is 11.8 Å². The van der Waals surface area contributed by atoms with Gasteiger partial charge in [-0.2, -0.15) is 5.10 Å². The van der Waals surface area contributed by atoms with Gasteiger partial charge in [-0.05, 0) is 74.0 Å². The van der Waals surface area contributed by atoms with Crippen LogP contribution in [-0.4, -0.2) is 16.7 Å². The van der Waals surface area contributed by atoms with Crippen molar-refractivity contribution in [2.24, 2.45) is 5.10 Å². The highest BCUT2D eigenvalue weighted by atomic mass is 35.5. The predicted molar refractivity (Wildman–Crippen MR) is 138 cm³/mol. The van der Waals surface area contributed by atoms with Crippen LogP contribution < -0.4 is 5.43 Å². The summed E-state index contributed by atoms with van der Waals surface area (Å²) in [5.74, 6) is 0.582. The molecule has 0 atom stereocenters. The van der Waals surface area contributed by atoms with Crippen molar-refractivity contribution in [2.75, 3.05) is 0 Å². The average molecular weight is 474 g/mol. The van der Waals surface area contributed by atoms with Gasteiger partial charge in [0.05, 0.1) is 6.21 Å². The van der Waals surface area contributed by atoms with Gasteiger partial charge in [-0.3, -0.25) is 4.79 Å². The molecule has 1 heterocycles. The van der Waals surface area contributed by atoms with Gasteiger partial charge in [0.2, 0.25) is 0 Å². The second-order valence-electron chi connectivity index (χ2n) is 7.64. The van der Waals surface area contributed by atoms with Crippen molar-refractivity contribution in [3.63, 3.8) is 0 Å². The molecule has 166 valence electrons. The van der Waals surface area contributed by atoms with Crippen molar-refractivity contribution < 1.29 is 4.79 Å². The van der Waals surface area contributed by atoms with Crippen LogP contribution in [0.15, 0.2) is 94.9 Å². The molecule has 0 aliphatic heterocycles. The van der Waals surface area contributed by atoms with E-state index in [0.29, 0.717) is 5.56 Å². The van der Waals surface area contributed by atoms with E-state index in [0.717, 1.165) is 43.9 Å². The number of carbonyl (C=O) groups excluding carboxylic acids is 1. The quantitative estimate of drug-likeness (QED) is 0.182. The highest BCUT2D eigenvalue weighted by Gasteiger charge is 2.09. The van der Waals surface area contributed by atoms with Crippen molar-refractivity contribution in [3.05, 3.63) is 118 Å². The minimum absolute atomic E-state index is 0.236. The van der Waals surface area contributed by atoms with Crippen LogP contribution in [0.3, 0.4) is 0 Å². The fraction of sp³-hybridized carbons (Fsp3) is 0.111. The van der Waals surface area contributed by atoms with E-state index in [1.807, 2.05) is 73.7 Å². The second kappa shape index (κ2) is 10.6. The molecule has 0 fully saturated rings. The van der Waals surface area contributed by atoms with E-state index in [9.17, 15) is 4.79 Å².